The molecule has 0 saturated carbocycles. The van der Waals surface area contributed by atoms with Gasteiger partial charge in [0.1, 0.15) is 0 Å². The van der Waals surface area contributed by atoms with Gasteiger partial charge in [0.2, 0.25) is 15.9 Å². The van der Waals surface area contributed by atoms with Crippen molar-refractivity contribution >= 4 is 31.9 Å². The lowest BCUT2D eigenvalue weighted by Gasteiger charge is -2.37. The summed E-state index contributed by atoms with van der Waals surface area (Å²) in [6.45, 7) is 4.36. The average Bonchev–Trinajstić information content (AvgIpc) is 2.61. The van der Waals surface area contributed by atoms with Crippen LogP contribution >= 0.6 is 15.9 Å². The predicted octanol–water partition coefficient (Wildman–Crippen LogP) is 2.10. The van der Waals surface area contributed by atoms with Gasteiger partial charge >= 0.3 is 0 Å². The van der Waals surface area contributed by atoms with Gasteiger partial charge in [0.05, 0.1) is 23.5 Å². The lowest BCUT2D eigenvalue weighted by Crippen LogP contribution is -2.51. The minimum Gasteiger partial charge on any atom is -0.375 e. The molecule has 0 radical (unpaired) electrons. The number of halogens is 1. The number of rotatable bonds is 3. The maximum absolute atomic E-state index is 12.9. The molecule has 2 aliphatic heterocycles. The van der Waals surface area contributed by atoms with Crippen molar-refractivity contribution < 1.29 is 17.9 Å². The number of benzene rings is 1. The number of piperidine rings is 1. The first-order valence-corrected chi connectivity index (χ1v) is 10.8. The number of sulfonamides is 1. The van der Waals surface area contributed by atoms with Gasteiger partial charge in [0, 0.05) is 30.7 Å². The molecule has 1 aromatic rings. The van der Waals surface area contributed by atoms with E-state index in [2.05, 4.69) is 15.9 Å². The summed E-state index contributed by atoms with van der Waals surface area (Å²) in [5.74, 6) is -0.227. The predicted molar refractivity (Wildman–Crippen MR) is 97.6 cm³/mol. The van der Waals surface area contributed by atoms with Crippen LogP contribution in [-0.2, 0) is 19.6 Å². The van der Waals surface area contributed by atoms with Gasteiger partial charge in [-0.15, -0.1) is 0 Å². The van der Waals surface area contributed by atoms with Crippen molar-refractivity contribution in [3.8, 4) is 0 Å². The van der Waals surface area contributed by atoms with Gasteiger partial charge in [-0.3, -0.25) is 4.79 Å². The zero-order valence-corrected chi connectivity index (χ0v) is 16.6. The molecule has 6 nitrogen and oxygen atoms in total. The first-order chi connectivity index (χ1) is 11.9. The number of amides is 1. The molecular formula is C17H23BrN2O4S. The van der Waals surface area contributed by atoms with Crippen molar-refractivity contribution in [1.29, 1.82) is 0 Å². The van der Waals surface area contributed by atoms with E-state index in [9.17, 15) is 13.2 Å². The smallest absolute Gasteiger partial charge is 0.243 e. The molecule has 2 saturated heterocycles. The van der Waals surface area contributed by atoms with Gasteiger partial charge in [-0.1, -0.05) is 15.9 Å². The molecule has 8 heteroatoms. The number of carbonyl (C=O) groups is 1. The maximum atomic E-state index is 12.9. The van der Waals surface area contributed by atoms with Crippen molar-refractivity contribution in [3.05, 3.63) is 28.7 Å². The summed E-state index contributed by atoms with van der Waals surface area (Å²) in [4.78, 5) is 14.9. The van der Waals surface area contributed by atoms with Crippen molar-refractivity contribution in [2.45, 2.75) is 30.8 Å². The number of hydrogen-bond donors (Lipinski definition) is 0. The van der Waals surface area contributed by atoms with Gasteiger partial charge in [0.15, 0.2) is 0 Å². The summed E-state index contributed by atoms with van der Waals surface area (Å²) in [7, 11) is -3.57. The highest BCUT2D eigenvalue weighted by Crippen LogP contribution is 2.26. The zero-order valence-electron chi connectivity index (χ0n) is 14.2. The first-order valence-electron chi connectivity index (χ1n) is 8.54. The van der Waals surface area contributed by atoms with Crippen LogP contribution in [-0.4, -0.2) is 62.4 Å². The van der Waals surface area contributed by atoms with Gasteiger partial charge in [0.25, 0.3) is 0 Å². The highest BCUT2D eigenvalue weighted by molar-refractivity contribution is 9.10. The fourth-order valence-corrected chi connectivity index (χ4v) is 5.18. The first kappa shape index (κ1) is 18.8. The second-order valence-electron chi connectivity index (χ2n) is 6.62. The fraction of sp³-hybridized carbons (Fsp3) is 0.588. The summed E-state index contributed by atoms with van der Waals surface area (Å²) < 4.78 is 33.5. The van der Waals surface area contributed by atoms with Crippen LogP contribution in [0.5, 0.6) is 0 Å². The molecule has 0 spiro atoms. The normalized spacial score (nSPS) is 25.8. The molecule has 0 aliphatic carbocycles. The lowest BCUT2D eigenvalue weighted by atomic mass is 9.97. The summed E-state index contributed by atoms with van der Waals surface area (Å²) in [5.41, 5.74) is 0. The molecular weight excluding hydrogens is 408 g/mol. The van der Waals surface area contributed by atoms with Crippen LogP contribution in [0.3, 0.4) is 0 Å². The molecule has 0 bridgehead atoms. The highest BCUT2D eigenvalue weighted by atomic mass is 79.9. The Balaban J connectivity index is 1.72. The molecule has 2 atom stereocenters. The molecule has 1 amide bonds. The van der Waals surface area contributed by atoms with Gasteiger partial charge in [-0.25, -0.2) is 8.42 Å². The highest BCUT2D eigenvalue weighted by Gasteiger charge is 2.36. The topological polar surface area (TPSA) is 66.9 Å². The second-order valence-corrected chi connectivity index (χ2v) is 9.48. The molecule has 0 N–H and O–H groups in total. The van der Waals surface area contributed by atoms with Crippen molar-refractivity contribution in [1.82, 2.24) is 9.21 Å². The Hall–Kier alpha value is -0.960. The van der Waals surface area contributed by atoms with Crippen LogP contribution in [0.15, 0.2) is 33.6 Å². The molecule has 138 valence electrons. The number of morpholine rings is 1. The van der Waals surface area contributed by atoms with Crippen LogP contribution in [0.25, 0.3) is 0 Å². The Morgan fingerprint density at radius 2 is 1.92 bits per heavy atom. The van der Waals surface area contributed by atoms with E-state index in [0.717, 1.165) is 10.9 Å². The van der Waals surface area contributed by atoms with Crippen molar-refractivity contribution in [2.24, 2.45) is 5.92 Å². The Bertz CT molecular complexity index is 723. The molecule has 2 unspecified atom stereocenters. The van der Waals surface area contributed by atoms with Crippen molar-refractivity contribution in [3.63, 3.8) is 0 Å². The fourth-order valence-electron chi connectivity index (χ4n) is 3.39. The third kappa shape index (κ3) is 4.24. The largest absolute Gasteiger partial charge is 0.375 e. The Labute approximate surface area is 157 Å². The van der Waals surface area contributed by atoms with Crippen LogP contribution in [0, 0.1) is 5.92 Å². The summed E-state index contributed by atoms with van der Waals surface area (Å²) >= 11 is 3.32. The Kier molecular flexibility index (Phi) is 5.82. The molecule has 0 aromatic heterocycles. The SMILES string of the molecule is CC1CN(C(=O)C2CCCN(S(=O)(=O)c3ccc(Br)cc3)C2)CCO1. The van der Waals surface area contributed by atoms with Gasteiger partial charge in [-0.2, -0.15) is 4.31 Å². The quantitative estimate of drug-likeness (QED) is 0.735. The summed E-state index contributed by atoms with van der Waals surface area (Å²) in [5, 5.41) is 0. The molecule has 2 aliphatic rings. The van der Waals surface area contributed by atoms with E-state index >= 15 is 0 Å². The van der Waals surface area contributed by atoms with E-state index in [4.69, 9.17) is 4.74 Å². The molecule has 25 heavy (non-hydrogen) atoms. The number of ether oxygens (including phenoxy) is 1. The van der Waals surface area contributed by atoms with E-state index in [-0.39, 0.29) is 29.4 Å². The van der Waals surface area contributed by atoms with E-state index in [0.29, 0.717) is 32.7 Å². The van der Waals surface area contributed by atoms with E-state index in [1.165, 1.54) is 4.31 Å². The number of nitrogens with zero attached hydrogens (tertiary/aromatic N) is 2. The average molecular weight is 431 g/mol. The van der Waals surface area contributed by atoms with Crippen LogP contribution in [0.4, 0.5) is 0 Å². The van der Waals surface area contributed by atoms with E-state index in [1.54, 1.807) is 24.3 Å². The lowest BCUT2D eigenvalue weighted by molar-refractivity contribution is -0.143. The molecule has 2 fully saturated rings. The zero-order chi connectivity index (χ0) is 18.0. The standard InChI is InChI=1S/C17H23BrN2O4S/c1-13-11-19(9-10-24-13)17(21)14-3-2-8-20(12-14)25(22,23)16-6-4-15(18)5-7-16/h4-7,13-14H,2-3,8-12H2,1H3. The van der Waals surface area contributed by atoms with Crippen LogP contribution < -0.4 is 0 Å². The van der Waals surface area contributed by atoms with Crippen LogP contribution in [0.1, 0.15) is 19.8 Å². The minimum atomic E-state index is -3.57. The molecule has 2 heterocycles. The van der Waals surface area contributed by atoms with Gasteiger partial charge < -0.3 is 9.64 Å². The molecule has 3 rings (SSSR count). The van der Waals surface area contributed by atoms with Gasteiger partial charge in [-0.05, 0) is 44.0 Å². The summed E-state index contributed by atoms with van der Waals surface area (Å²) in [6, 6.07) is 6.62. The monoisotopic (exact) mass is 430 g/mol. The third-order valence-corrected chi connectivity index (χ3v) is 7.15. The van der Waals surface area contributed by atoms with Crippen molar-refractivity contribution in [2.75, 3.05) is 32.8 Å². The Morgan fingerprint density at radius 1 is 1.20 bits per heavy atom. The Morgan fingerprint density at radius 3 is 2.60 bits per heavy atom. The maximum Gasteiger partial charge on any atom is 0.243 e. The second kappa shape index (κ2) is 7.73. The van der Waals surface area contributed by atoms with Crippen LogP contribution in [0.2, 0.25) is 0 Å². The minimum absolute atomic E-state index is 0.0314. The number of hydrogen-bond acceptors (Lipinski definition) is 4. The number of carbonyl (C=O) groups excluding carboxylic acids is 1. The van der Waals surface area contributed by atoms with E-state index in [1.807, 2.05) is 11.8 Å². The van der Waals surface area contributed by atoms with E-state index < -0.39 is 10.0 Å². The third-order valence-electron chi connectivity index (χ3n) is 4.74. The summed E-state index contributed by atoms with van der Waals surface area (Å²) in [6.07, 6.45) is 1.46. The molecule has 1 aromatic carbocycles.